The first-order valence-corrected chi connectivity index (χ1v) is 27.0. The molecule has 2 N–H and O–H groups in total. The molecule has 2 amide bonds. The summed E-state index contributed by atoms with van der Waals surface area (Å²) in [5.41, 5.74) is 0. The molecule has 0 heterocycles. The molecule has 0 aromatic heterocycles. The summed E-state index contributed by atoms with van der Waals surface area (Å²) in [6, 6.07) is 0. The van der Waals surface area contributed by atoms with Gasteiger partial charge in [0.2, 0.25) is 5.91 Å². The number of amides is 2. The minimum atomic E-state index is -0.409. The molecule has 0 spiro atoms. The lowest BCUT2D eigenvalue weighted by Gasteiger charge is -2.18. The third-order valence-electron chi connectivity index (χ3n) is 12.1. The summed E-state index contributed by atoms with van der Waals surface area (Å²) in [6.45, 7) is 12.7. The molecular formula is C53H106N2O6. The summed E-state index contributed by atoms with van der Waals surface area (Å²) in [4.78, 5) is 24.6. The van der Waals surface area contributed by atoms with Crippen molar-refractivity contribution in [3.63, 3.8) is 0 Å². The molecule has 0 aliphatic carbocycles. The summed E-state index contributed by atoms with van der Waals surface area (Å²) in [7, 11) is 0. The van der Waals surface area contributed by atoms with Gasteiger partial charge in [0.25, 0.3) is 0 Å². The van der Waals surface area contributed by atoms with Gasteiger partial charge >= 0.3 is 6.09 Å². The maximum atomic E-state index is 12.5. The Morgan fingerprint density at radius 1 is 0.426 bits per heavy atom. The molecular weight excluding hydrogens is 761 g/mol. The quantitative estimate of drug-likeness (QED) is 0.0592. The van der Waals surface area contributed by atoms with Crippen LogP contribution in [0.3, 0.4) is 0 Å². The highest BCUT2D eigenvalue weighted by atomic mass is 16.6. The molecule has 8 heteroatoms. The smallest absolute Gasteiger partial charge is 0.407 e. The fraction of sp³-hybridized carbons (Fsp3) is 0.962. The van der Waals surface area contributed by atoms with Crippen molar-refractivity contribution in [1.29, 1.82) is 0 Å². The van der Waals surface area contributed by atoms with Crippen LogP contribution in [0.5, 0.6) is 0 Å². The average Bonchev–Trinajstić information content (AvgIpc) is 3.25. The number of unbranched alkanes of at least 4 members (excludes halogenated alkanes) is 32. The van der Waals surface area contributed by atoms with E-state index in [1.54, 1.807) is 0 Å². The minimum absolute atomic E-state index is 0.0964. The van der Waals surface area contributed by atoms with Crippen LogP contribution in [0.15, 0.2) is 0 Å². The Morgan fingerprint density at radius 2 is 0.836 bits per heavy atom. The van der Waals surface area contributed by atoms with Gasteiger partial charge in [0.1, 0.15) is 12.7 Å². The molecule has 0 bridgehead atoms. The van der Waals surface area contributed by atoms with E-state index in [9.17, 15) is 9.59 Å². The van der Waals surface area contributed by atoms with E-state index in [1.165, 1.54) is 193 Å². The molecule has 61 heavy (non-hydrogen) atoms. The van der Waals surface area contributed by atoms with Gasteiger partial charge in [-0.1, -0.05) is 213 Å². The topological polar surface area (TPSA) is 95.1 Å². The number of hydrogen-bond donors (Lipinski definition) is 2. The summed E-state index contributed by atoms with van der Waals surface area (Å²) >= 11 is 0. The zero-order valence-corrected chi connectivity index (χ0v) is 41.4. The molecule has 0 rings (SSSR count). The van der Waals surface area contributed by atoms with Gasteiger partial charge in [-0.2, -0.15) is 0 Å². The van der Waals surface area contributed by atoms with Gasteiger partial charge < -0.3 is 29.6 Å². The van der Waals surface area contributed by atoms with Gasteiger partial charge in [0.05, 0.1) is 12.7 Å². The van der Waals surface area contributed by atoms with Crippen LogP contribution in [0.25, 0.3) is 0 Å². The van der Waals surface area contributed by atoms with E-state index in [2.05, 4.69) is 31.4 Å². The molecule has 0 fully saturated rings. The van der Waals surface area contributed by atoms with Crippen LogP contribution in [0.1, 0.15) is 272 Å². The highest BCUT2D eigenvalue weighted by molar-refractivity contribution is 5.75. The van der Waals surface area contributed by atoms with E-state index in [4.69, 9.17) is 18.9 Å². The van der Waals surface area contributed by atoms with Gasteiger partial charge in [-0.15, -0.1) is 0 Å². The predicted octanol–water partition coefficient (Wildman–Crippen LogP) is 15.5. The number of hydrogen-bond acceptors (Lipinski definition) is 6. The largest absolute Gasteiger partial charge is 0.447 e. The molecule has 0 aromatic rings. The first-order chi connectivity index (χ1) is 30.0. The highest BCUT2D eigenvalue weighted by Gasteiger charge is 2.13. The molecule has 0 aliphatic heterocycles. The normalized spacial score (nSPS) is 12.5. The Hall–Kier alpha value is -1.38. The molecule has 364 valence electrons. The third kappa shape index (κ3) is 49.5. The minimum Gasteiger partial charge on any atom is -0.447 e. The number of carbonyl (C=O) groups is 2. The number of rotatable bonds is 51. The van der Waals surface area contributed by atoms with E-state index in [-0.39, 0.29) is 24.7 Å². The summed E-state index contributed by atoms with van der Waals surface area (Å²) in [5, 5.41) is 5.87. The lowest BCUT2D eigenvalue weighted by Crippen LogP contribution is -2.32. The molecule has 2 atom stereocenters. The number of alkyl carbamates (subject to hydrolysis) is 1. The van der Waals surface area contributed by atoms with Gasteiger partial charge in [-0.05, 0) is 52.4 Å². The van der Waals surface area contributed by atoms with Crippen molar-refractivity contribution < 1.29 is 28.5 Å². The molecule has 2 unspecified atom stereocenters. The van der Waals surface area contributed by atoms with Crippen molar-refractivity contribution in [3.8, 4) is 0 Å². The lowest BCUT2D eigenvalue weighted by atomic mass is 10.0. The maximum Gasteiger partial charge on any atom is 0.407 e. The van der Waals surface area contributed by atoms with E-state index in [0.717, 1.165) is 58.2 Å². The van der Waals surface area contributed by atoms with Crippen molar-refractivity contribution in [2.45, 2.75) is 284 Å². The fourth-order valence-electron chi connectivity index (χ4n) is 8.08. The Kier molecular flexibility index (Phi) is 50.1. The molecule has 0 radical (unpaired) electrons. The van der Waals surface area contributed by atoms with Gasteiger partial charge in [-0.25, -0.2) is 4.79 Å². The predicted molar refractivity (Wildman–Crippen MR) is 261 cm³/mol. The fourth-order valence-corrected chi connectivity index (χ4v) is 8.08. The van der Waals surface area contributed by atoms with E-state index >= 15 is 0 Å². The van der Waals surface area contributed by atoms with Gasteiger partial charge in [0, 0.05) is 39.3 Å². The van der Waals surface area contributed by atoms with Crippen molar-refractivity contribution in [1.82, 2.24) is 10.6 Å². The zero-order chi connectivity index (χ0) is 44.4. The number of carbonyl (C=O) groups excluding carboxylic acids is 2. The molecule has 0 aliphatic rings. The molecule has 8 nitrogen and oxygen atoms in total. The second kappa shape index (κ2) is 51.3. The number of ether oxygens (including phenoxy) is 4. The Morgan fingerprint density at radius 3 is 1.30 bits per heavy atom. The summed E-state index contributed by atoms with van der Waals surface area (Å²) < 4.78 is 23.4. The van der Waals surface area contributed by atoms with E-state index < -0.39 is 6.09 Å². The zero-order valence-electron chi connectivity index (χ0n) is 41.4. The van der Waals surface area contributed by atoms with E-state index in [1.807, 2.05) is 6.92 Å². The van der Waals surface area contributed by atoms with E-state index in [0.29, 0.717) is 32.7 Å². The Bertz CT molecular complexity index is 876. The lowest BCUT2D eigenvalue weighted by molar-refractivity contribution is -0.121. The highest BCUT2D eigenvalue weighted by Crippen LogP contribution is 2.16. The Balaban J connectivity index is 4.15. The van der Waals surface area contributed by atoms with Crippen molar-refractivity contribution >= 4 is 12.0 Å². The van der Waals surface area contributed by atoms with Crippen LogP contribution in [0.4, 0.5) is 4.79 Å². The van der Waals surface area contributed by atoms with Gasteiger partial charge in [-0.3, -0.25) is 4.79 Å². The average molecular weight is 867 g/mol. The summed E-state index contributed by atoms with van der Waals surface area (Å²) in [6.07, 6.45) is 47.9. The van der Waals surface area contributed by atoms with Crippen molar-refractivity contribution in [2.24, 2.45) is 0 Å². The van der Waals surface area contributed by atoms with Crippen LogP contribution in [-0.4, -0.2) is 70.3 Å². The molecule has 0 aromatic carbocycles. The number of nitrogens with one attached hydrogen (secondary N) is 2. The standard InChI is InChI=1S/C53H106N2O6/c1-5-8-10-12-14-16-18-20-22-24-26-28-30-32-34-39-46-58-48-51(60-47-40-35-33-31-29-27-25-23-21-19-17-15-13-11-9-6-2)49-61-53(57)55-44-38-36-37-43-52(56)54-45-41-42-50(4)59-7-3/h50-51H,5-49H2,1-4H3,(H,54,56)(H,55,57). The van der Waals surface area contributed by atoms with Crippen LogP contribution in [0, 0.1) is 0 Å². The van der Waals surface area contributed by atoms with Crippen molar-refractivity contribution in [3.05, 3.63) is 0 Å². The summed E-state index contributed by atoms with van der Waals surface area (Å²) in [5.74, 6) is 0.0964. The maximum absolute atomic E-state index is 12.5. The monoisotopic (exact) mass is 867 g/mol. The second-order valence-electron chi connectivity index (χ2n) is 18.3. The van der Waals surface area contributed by atoms with Crippen LogP contribution in [0.2, 0.25) is 0 Å². The molecule has 0 saturated carbocycles. The first kappa shape index (κ1) is 59.6. The van der Waals surface area contributed by atoms with Crippen LogP contribution >= 0.6 is 0 Å². The Labute approximate surface area is 380 Å². The SMILES string of the molecule is CCCCCCCCCCCCCCCCCCOCC(COC(=O)NCCCCCC(=O)NCCCC(C)OCC)OCCCCCCCCCCCCCCCCCC. The van der Waals surface area contributed by atoms with Crippen LogP contribution < -0.4 is 10.6 Å². The second-order valence-corrected chi connectivity index (χ2v) is 18.3. The van der Waals surface area contributed by atoms with Crippen LogP contribution in [-0.2, 0) is 23.7 Å². The first-order valence-electron chi connectivity index (χ1n) is 27.0. The third-order valence-corrected chi connectivity index (χ3v) is 12.1. The molecule has 0 saturated heterocycles. The van der Waals surface area contributed by atoms with Gasteiger partial charge in [0.15, 0.2) is 0 Å². The van der Waals surface area contributed by atoms with Crippen molar-refractivity contribution in [2.75, 3.05) is 46.1 Å².